The number of nitrogens with zero attached hydrogens (tertiary/aromatic N) is 2. The van der Waals surface area contributed by atoms with Crippen LogP contribution in [0.25, 0.3) is 0 Å². The summed E-state index contributed by atoms with van der Waals surface area (Å²) in [6.45, 7) is 9.22. The summed E-state index contributed by atoms with van der Waals surface area (Å²) in [4.78, 5) is 2.29. The van der Waals surface area contributed by atoms with Crippen LogP contribution in [0.3, 0.4) is 0 Å². The first kappa shape index (κ1) is 16.5. The van der Waals surface area contributed by atoms with Crippen LogP contribution in [0.5, 0.6) is 0 Å². The zero-order valence-electron chi connectivity index (χ0n) is 13.1. The minimum Gasteiger partial charge on any atom is -0.389 e. The Hall–Kier alpha value is -1.53. The van der Waals surface area contributed by atoms with Crippen molar-refractivity contribution in [1.82, 2.24) is 0 Å². The number of aliphatic hydroxyl groups excluding tert-OH is 1. The third kappa shape index (κ3) is 4.25. The van der Waals surface area contributed by atoms with Gasteiger partial charge in [0.2, 0.25) is 0 Å². The summed E-state index contributed by atoms with van der Waals surface area (Å²) in [7, 11) is 0. The van der Waals surface area contributed by atoms with Crippen LogP contribution in [-0.2, 0) is 0 Å². The van der Waals surface area contributed by atoms with Crippen LogP contribution < -0.4 is 4.90 Å². The summed E-state index contributed by atoms with van der Waals surface area (Å²) in [5.41, 5.74) is 2.53. The molecule has 1 N–H and O–H groups in total. The van der Waals surface area contributed by atoms with E-state index in [1.165, 1.54) is 12.8 Å². The smallest absolute Gasteiger partial charge is 0.0992 e. The summed E-state index contributed by atoms with van der Waals surface area (Å²) in [5.74, 6) is 0. The molecule has 1 rings (SSSR count). The number of benzene rings is 1. The highest BCUT2D eigenvalue weighted by Crippen LogP contribution is 2.29. The van der Waals surface area contributed by atoms with E-state index in [1.54, 1.807) is 13.0 Å². The van der Waals surface area contributed by atoms with Crippen LogP contribution >= 0.6 is 0 Å². The standard InChI is InChI=1S/C17H26N2O/c1-5-6-7-10-19(13(2)3)17-11-15(12-18)8-9-16(17)14(4)20/h8-9,11,13-14,20H,5-7,10H2,1-4H3. The molecule has 0 aliphatic rings. The first-order valence-corrected chi connectivity index (χ1v) is 7.50. The predicted octanol–water partition coefficient (Wildman–Crippen LogP) is 4.02. The second kappa shape index (κ2) is 7.91. The maximum atomic E-state index is 9.96. The fourth-order valence-electron chi connectivity index (χ4n) is 2.40. The maximum Gasteiger partial charge on any atom is 0.0992 e. The van der Waals surface area contributed by atoms with Gasteiger partial charge in [0, 0.05) is 23.8 Å². The lowest BCUT2D eigenvalue weighted by atomic mass is 10.0. The highest BCUT2D eigenvalue weighted by Gasteiger charge is 2.17. The highest BCUT2D eigenvalue weighted by molar-refractivity contribution is 5.59. The Balaban J connectivity index is 3.12. The Kier molecular flexibility index (Phi) is 6.54. The van der Waals surface area contributed by atoms with Crippen LogP contribution in [0.4, 0.5) is 5.69 Å². The van der Waals surface area contributed by atoms with Crippen molar-refractivity contribution in [2.24, 2.45) is 0 Å². The molecule has 20 heavy (non-hydrogen) atoms. The van der Waals surface area contributed by atoms with Crippen LogP contribution in [0.1, 0.15) is 64.2 Å². The Morgan fingerprint density at radius 2 is 1.95 bits per heavy atom. The van der Waals surface area contributed by atoms with E-state index in [1.807, 2.05) is 12.1 Å². The topological polar surface area (TPSA) is 47.3 Å². The number of hydrogen-bond donors (Lipinski definition) is 1. The Labute approximate surface area is 122 Å². The van der Waals surface area contributed by atoms with Crippen molar-refractivity contribution in [2.75, 3.05) is 11.4 Å². The molecule has 0 radical (unpaired) electrons. The van der Waals surface area contributed by atoms with Gasteiger partial charge in [0.05, 0.1) is 17.7 Å². The van der Waals surface area contributed by atoms with E-state index in [9.17, 15) is 5.11 Å². The molecule has 0 amide bonds. The largest absolute Gasteiger partial charge is 0.389 e. The lowest BCUT2D eigenvalue weighted by Gasteiger charge is -2.32. The first-order chi connectivity index (χ1) is 9.51. The van der Waals surface area contributed by atoms with Crippen molar-refractivity contribution in [1.29, 1.82) is 5.26 Å². The Bertz CT molecular complexity index is 461. The van der Waals surface area contributed by atoms with Gasteiger partial charge in [-0.25, -0.2) is 0 Å². The number of hydrogen-bond acceptors (Lipinski definition) is 3. The van der Waals surface area contributed by atoms with Gasteiger partial charge in [-0.3, -0.25) is 0 Å². The van der Waals surface area contributed by atoms with Gasteiger partial charge in [-0.1, -0.05) is 25.8 Å². The molecule has 0 bridgehead atoms. The summed E-state index contributed by atoms with van der Waals surface area (Å²) >= 11 is 0. The SMILES string of the molecule is CCCCCN(c1cc(C#N)ccc1C(C)O)C(C)C. The fraction of sp³-hybridized carbons (Fsp3) is 0.588. The molecule has 0 aromatic heterocycles. The molecule has 0 saturated carbocycles. The average Bonchev–Trinajstić information content (AvgIpc) is 2.42. The monoisotopic (exact) mass is 274 g/mol. The van der Waals surface area contributed by atoms with E-state index in [0.29, 0.717) is 11.6 Å². The molecule has 1 aromatic carbocycles. The quantitative estimate of drug-likeness (QED) is 0.764. The van der Waals surface area contributed by atoms with Crippen LogP contribution in [0.2, 0.25) is 0 Å². The van der Waals surface area contributed by atoms with E-state index in [4.69, 9.17) is 5.26 Å². The minimum atomic E-state index is -0.523. The molecule has 1 aromatic rings. The predicted molar refractivity (Wildman–Crippen MR) is 83.8 cm³/mol. The van der Waals surface area contributed by atoms with Crippen molar-refractivity contribution in [3.8, 4) is 6.07 Å². The number of anilines is 1. The van der Waals surface area contributed by atoms with Gasteiger partial charge in [-0.05, 0) is 39.3 Å². The van der Waals surface area contributed by atoms with E-state index in [0.717, 1.165) is 24.2 Å². The minimum absolute atomic E-state index is 0.346. The molecule has 3 nitrogen and oxygen atoms in total. The van der Waals surface area contributed by atoms with Crippen LogP contribution in [0, 0.1) is 11.3 Å². The molecular weight excluding hydrogens is 248 g/mol. The molecule has 1 atom stereocenters. The summed E-state index contributed by atoms with van der Waals surface area (Å²) in [5, 5.41) is 19.1. The summed E-state index contributed by atoms with van der Waals surface area (Å²) < 4.78 is 0. The van der Waals surface area contributed by atoms with Crippen molar-refractivity contribution in [3.63, 3.8) is 0 Å². The van der Waals surface area contributed by atoms with Gasteiger partial charge in [0.1, 0.15) is 0 Å². The number of unbranched alkanes of at least 4 members (excludes halogenated alkanes) is 2. The first-order valence-electron chi connectivity index (χ1n) is 7.50. The Morgan fingerprint density at radius 3 is 2.45 bits per heavy atom. The third-order valence-corrected chi connectivity index (χ3v) is 3.54. The van der Waals surface area contributed by atoms with E-state index >= 15 is 0 Å². The van der Waals surface area contributed by atoms with Gasteiger partial charge in [-0.2, -0.15) is 5.26 Å². The van der Waals surface area contributed by atoms with Gasteiger partial charge < -0.3 is 10.0 Å². The number of nitriles is 1. The molecule has 0 fully saturated rings. The van der Waals surface area contributed by atoms with E-state index in [2.05, 4.69) is 31.7 Å². The zero-order chi connectivity index (χ0) is 15.1. The second-order valence-corrected chi connectivity index (χ2v) is 5.56. The summed E-state index contributed by atoms with van der Waals surface area (Å²) in [6.07, 6.45) is 2.99. The second-order valence-electron chi connectivity index (χ2n) is 5.56. The van der Waals surface area contributed by atoms with Gasteiger partial charge in [0.25, 0.3) is 0 Å². The Morgan fingerprint density at radius 1 is 1.25 bits per heavy atom. The molecular formula is C17H26N2O. The molecule has 3 heteroatoms. The normalized spacial score (nSPS) is 12.2. The number of aliphatic hydroxyl groups is 1. The molecule has 110 valence electrons. The van der Waals surface area contributed by atoms with Crippen molar-refractivity contribution < 1.29 is 5.11 Å². The van der Waals surface area contributed by atoms with Crippen molar-refractivity contribution in [3.05, 3.63) is 29.3 Å². The lowest BCUT2D eigenvalue weighted by Crippen LogP contribution is -2.32. The zero-order valence-corrected chi connectivity index (χ0v) is 13.1. The van der Waals surface area contributed by atoms with Crippen LogP contribution in [-0.4, -0.2) is 17.7 Å². The lowest BCUT2D eigenvalue weighted by molar-refractivity contribution is 0.199. The van der Waals surface area contributed by atoms with Crippen molar-refractivity contribution >= 4 is 5.69 Å². The number of rotatable bonds is 7. The van der Waals surface area contributed by atoms with Crippen molar-refractivity contribution in [2.45, 2.75) is 59.1 Å². The van der Waals surface area contributed by atoms with E-state index < -0.39 is 6.10 Å². The molecule has 0 spiro atoms. The molecule has 0 heterocycles. The maximum absolute atomic E-state index is 9.96. The highest BCUT2D eigenvalue weighted by atomic mass is 16.3. The summed E-state index contributed by atoms with van der Waals surface area (Å²) in [6, 6.07) is 8.07. The van der Waals surface area contributed by atoms with Gasteiger partial charge in [0.15, 0.2) is 0 Å². The molecule has 0 aliphatic carbocycles. The fourth-order valence-corrected chi connectivity index (χ4v) is 2.40. The molecule has 1 unspecified atom stereocenters. The van der Waals surface area contributed by atoms with Crippen LogP contribution in [0.15, 0.2) is 18.2 Å². The van der Waals surface area contributed by atoms with Gasteiger partial charge in [-0.15, -0.1) is 0 Å². The molecule has 0 saturated heterocycles. The van der Waals surface area contributed by atoms with Gasteiger partial charge >= 0.3 is 0 Å². The average molecular weight is 274 g/mol. The third-order valence-electron chi connectivity index (χ3n) is 3.54. The molecule has 0 aliphatic heterocycles. The van der Waals surface area contributed by atoms with E-state index in [-0.39, 0.29) is 0 Å².